The van der Waals surface area contributed by atoms with Gasteiger partial charge in [-0.1, -0.05) is 25.4 Å². The molecule has 2 rings (SSSR count). The molecule has 0 saturated carbocycles. The van der Waals surface area contributed by atoms with E-state index in [0.29, 0.717) is 18.5 Å². The number of carbonyl (C=O) groups excluding carboxylic acids is 2. The molecule has 0 aromatic heterocycles. The van der Waals surface area contributed by atoms with Gasteiger partial charge in [-0.15, -0.1) is 0 Å². The summed E-state index contributed by atoms with van der Waals surface area (Å²) < 4.78 is 13.6. The van der Waals surface area contributed by atoms with Gasteiger partial charge in [0, 0.05) is 5.69 Å². The zero-order valence-corrected chi connectivity index (χ0v) is 12.1. The van der Waals surface area contributed by atoms with Gasteiger partial charge in [-0.2, -0.15) is 0 Å². The zero-order chi connectivity index (χ0) is 14.9. The molecule has 1 aromatic carbocycles. The first-order valence-electron chi connectivity index (χ1n) is 6.58. The number of piperazine rings is 1. The maximum absolute atomic E-state index is 13.6. The minimum absolute atomic E-state index is 0.0113. The molecule has 0 radical (unpaired) electrons. The van der Waals surface area contributed by atoms with Crippen molar-refractivity contribution in [2.45, 2.75) is 38.8 Å². The number of carbonyl (C=O) groups is 2. The summed E-state index contributed by atoms with van der Waals surface area (Å²) in [5, 5.41) is 2.68. The first-order chi connectivity index (χ1) is 9.49. The molecular formula is C14H16ClFN2O2. The van der Waals surface area contributed by atoms with Gasteiger partial charge < -0.3 is 5.32 Å². The van der Waals surface area contributed by atoms with E-state index in [2.05, 4.69) is 5.32 Å². The molecule has 0 bridgehead atoms. The standard InChI is InChI=1S/C14H16ClFN2O2/c1-3-11-14(20)18(12(4-2)13(19)17-11)8-5-6-9(15)10(16)7-8/h5-7,11-12H,3-4H2,1-2H3,(H,17,19). The van der Waals surface area contributed by atoms with E-state index in [4.69, 9.17) is 11.6 Å². The third-order valence-electron chi connectivity index (χ3n) is 3.44. The molecule has 1 aromatic rings. The number of halogens is 2. The summed E-state index contributed by atoms with van der Waals surface area (Å²) in [5.74, 6) is -1.04. The van der Waals surface area contributed by atoms with Crippen molar-refractivity contribution in [3.63, 3.8) is 0 Å². The fourth-order valence-electron chi connectivity index (χ4n) is 2.36. The number of rotatable bonds is 3. The van der Waals surface area contributed by atoms with Crippen LogP contribution in [0.2, 0.25) is 5.02 Å². The third kappa shape index (κ3) is 2.50. The fourth-order valence-corrected chi connectivity index (χ4v) is 2.47. The van der Waals surface area contributed by atoms with Crippen molar-refractivity contribution < 1.29 is 14.0 Å². The largest absolute Gasteiger partial charge is 0.342 e. The highest BCUT2D eigenvalue weighted by Crippen LogP contribution is 2.27. The molecule has 6 heteroatoms. The number of nitrogens with zero attached hydrogens (tertiary/aromatic N) is 1. The molecule has 108 valence electrons. The van der Waals surface area contributed by atoms with E-state index in [1.165, 1.54) is 17.0 Å². The van der Waals surface area contributed by atoms with Crippen LogP contribution in [0, 0.1) is 5.82 Å². The summed E-state index contributed by atoms with van der Waals surface area (Å²) >= 11 is 5.65. The van der Waals surface area contributed by atoms with Crippen molar-refractivity contribution in [1.82, 2.24) is 5.32 Å². The Bertz CT molecular complexity index is 550. The Morgan fingerprint density at radius 1 is 1.30 bits per heavy atom. The monoisotopic (exact) mass is 298 g/mol. The molecule has 2 amide bonds. The van der Waals surface area contributed by atoms with Crippen LogP contribution in [0.15, 0.2) is 18.2 Å². The van der Waals surface area contributed by atoms with Gasteiger partial charge in [0.2, 0.25) is 11.8 Å². The quantitative estimate of drug-likeness (QED) is 0.932. The normalized spacial score (nSPS) is 22.9. The van der Waals surface area contributed by atoms with Gasteiger partial charge >= 0.3 is 0 Å². The smallest absolute Gasteiger partial charge is 0.250 e. The summed E-state index contributed by atoms with van der Waals surface area (Å²) in [6, 6.07) is 2.94. The lowest BCUT2D eigenvalue weighted by Crippen LogP contribution is -2.63. The molecule has 2 atom stereocenters. The molecule has 0 spiro atoms. The topological polar surface area (TPSA) is 49.4 Å². The Morgan fingerprint density at radius 3 is 2.55 bits per heavy atom. The number of hydrogen-bond donors (Lipinski definition) is 1. The van der Waals surface area contributed by atoms with Gasteiger partial charge in [-0.25, -0.2) is 4.39 Å². The van der Waals surface area contributed by atoms with Crippen LogP contribution in [-0.2, 0) is 9.59 Å². The Labute approximate surface area is 121 Å². The summed E-state index contributed by atoms with van der Waals surface area (Å²) in [4.78, 5) is 25.8. The molecule has 20 heavy (non-hydrogen) atoms. The molecule has 1 N–H and O–H groups in total. The highest BCUT2D eigenvalue weighted by molar-refractivity contribution is 6.30. The fraction of sp³-hybridized carbons (Fsp3) is 0.429. The highest BCUT2D eigenvalue weighted by atomic mass is 35.5. The summed E-state index contributed by atoms with van der Waals surface area (Å²) in [7, 11) is 0. The van der Waals surface area contributed by atoms with Crippen LogP contribution in [0.5, 0.6) is 0 Å². The van der Waals surface area contributed by atoms with Crippen LogP contribution in [0.3, 0.4) is 0 Å². The van der Waals surface area contributed by atoms with Gasteiger partial charge in [-0.3, -0.25) is 14.5 Å². The van der Waals surface area contributed by atoms with E-state index in [-0.39, 0.29) is 16.8 Å². The van der Waals surface area contributed by atoms with Crippen LogP contribution in [-0.4, -0.2) is 23.9 Å². The molecule has 1 aliphatic rings. The molecule has 1 aliphatic heterocycles. The van der Waals surface area contributed by atoms with Crippen molar-refractivity contribution in [3.8, 4) is 0 Å². The van der Waals surface area contributed by atoms with Crippen LogP contribution in [0.1, 0.15) is 26.7 Å². The molecule has 4 nitrogen and oxygen atoms in total. The van der Waals surface area contributed by atoms with E-state index in [0.717, 1.165) is 0 Å². The van der Waals surface area contributed by atoms with E-state index < -0.39 is 17.9 Å². The second-order valence-corrected chi connectivity index (χ2v) is 5.11. The first kappa shape index (κ1) is 14.8. The molecule has 1 fully saturated rings. The average molecular weight is 299 g/mol. The first-order valence-corrected chi connectivity index (χ1v) is 6.95. The number of hydrogen-bond acceptors (Lipinski definition) is 2. The number of anilines is 1. The van der Waals surface area contributed by atoms with Gasteiger partial charge in [0.25, 0.3) is 0 Å². The zero-order valence-electron chi connectivity index (χ0n) is 11.3. The summed E-state index contributed by atoms with van der Waals surface area (Å²) in [5.41, 5.74) is 0.358. The van der Waals surface area contributed by atoms with Gasteiger partial charge in [-0.05, 0) is 31.0 Å². The Hall–Kier alpha value is -1.62. The van der Waals surface area contributed by atoms with Crippen LogP contribution >= 0.6 is 11.6 Å². The summed E-state index contributed by atoms with van der Waals surface area (Å²) in [6.07, 6.45) is 0.950. The van der Waals surface area contributed by atoms with E-state index in [9.17, 15) is 14.0 Å². The lowest BCUT2D eigenvalue weighted by molar-refractivity contribution is -0.134. The predicted molar refractivity (Wildman–Crippen MR) is 75.2 cm³/mol. The molecule has 2 unspecified atom stereocenters. The Morgan fingerprint density at radius 2 is 2.00 bits per heavy atom. The van der Waals surface area contributed by atoms with Gasteiger partial charge in [0.15, 0.2) is 0 Å². The van der Waals surface area contributed by atoms with Gasteiger partial charge in [0.1, 0.15) is 17.9 Å². The van der Waals surface area contributed by atoms with Gasteiger partial charge in [0.05, 0.1) is 5.02 Å². The summed E-state index contributed by atoms with van der Waals surface area (Å²) in [6.45, 7) is 3.62. The van der Waals surface area contributed by atoms with Crippen molar-refractivity contribution in [2.24, 2.45) is 0 Å². The molecular weight excluding hydrogens is 283 g/mol. The lowest BCUT2D eigenvalue weighted by Gasteiger charge is -2.38. The Balaban J connectivity index is 2.44. The third-order valence-corrected chi connectivity index (χ3v) is 3.75. The van der Waals surface area contributed by atoms with Crippen molar-refractivity contribution in [3.05, 3.63) is 29.0 Å². The predicted octanol–water partition coefficient (Wildman–Crippen LogP) is 2.50. The van der Waals surface area contributed by atoms with Crippen LogP contribution in [0.25, 0.3) is 0 Å². The minimum atomic E-state index is -0.620. The minimum Gasteiger partial charge on any atom is -0.342 e. The second-order valence-electron chi connectivity index (χ2n) is 4.70. The van der Waals surface area contributed by atoms with Crippen molar-refractivity contribution in [2.75, 3.05) is 4.90 Å². The maximum atomic E-state index is 13.6. The second kappa shape index (κ2) is 5.79. The van der Waals surface area contributed by atoms with E-state index in [1.54, 1.807) is 6.07 Å². The van der Waals surface area contributed by atoms with Crippen molar-refractivity contribution >= 4 is 29.1 Å². The number of amides is 2. The molecule has 1 heterocycles. The Kier molecular flexibility index (Phi) is 4.28. The highest BCUT2D eigenvalue weighted by Gasteiger charge is 2.39. The molecule has 1 saturated heterocycles. The number of benzene rings is 1. The van der Waals surface area contributed by atoms with Crippen LogP contribution in [0.4, 0.5) is 10.1 Å². The SMILES string of the molecule is CCC1NC(=O)C(CC)N(c2ccc(Cl)c(F)c2)C1=O. The average Bonchev–Trinajstić information content (AvgIpc) is 2.43. The maximum Gasteiger partial charge on any atom is 0.250 e. The molecule has 0 aliphatic carbocycles. The lowest BCUT2D eigenvalue weighted by atomic mass is 10.0. The van der Waals surface area contributed by atoms with E-state index >= 15 is 0 Å². The van der Waals surface area contributed by atoms with Crippen LogP contribution < -0.4 is 10.2 Å². The van der Waals surface area contributed by atoms with Crippen molar-refractivity contribution in [1.29, 1.82) is 0 Å². The number of nitrogens with one attached hydrogen (secondary N) is 1. The van der Waals surface area contributed by atoms with E-state index in [1.807, 2.05) is 13.8 Å².